The molecule has 5 nitrogen and oxygen atoms in total. The van der Waals surface area contributed by atoms with Crippen LogP contribution in [0.25, 0.3) is 21.1 Å². The first-order chi connectivity index (χ1) is 15.7. The molecule has 0 radical (unpaired) electrons. The lowest BCUT2D eigenvalue weighted by atomic mass is 10.1. The third kappa shape index (κ3) is 4.09. The average molecular weight is 441 g/mol. The van der Waals surface area contributed by atoms with Crippen LogP contribution in [0.5, 0.6) is 5.75 Å². The maximum Gasteiger partial charge on any atom is 0.204 e. The molecule has 0 aliphatic heterocycles. The van der Waals surface area contributed by atoms with E-state index in [4.69, 9.17) is 4.74 Å². The molecule has 0 amide bonds. The largest absolute Gasteiger partial charge is 0.492 e. The smallest absolute Gasteiger partial charge is 0.204 e. The van der Waals surface area contributed by atoms with E-state index >= 15 is 0 Å². The van der Waals surface area contributed by atoms with Crippen molar-refractivity contribution >= 4 is 43.8 Å². The second kappa shape index (κ2) is 8.85. The quantitative estimate of drug-likeness (QED) is 0.236. The van der Waals surface area contributed by atoms with Crippen molar-refractivity contribution in [1.29, 1.82) is 0 Å². The summed E-state index contributed by atoms with van der Waals surface area (Å²) in [4.78, 5) is 4.59. The van der Waals surface area contributed by atoms with Crippen LogP contribution in [0.15, 0.2) is 77.9 Å². The van der Waals surface area contributed by atoms with Gasteiger partial charge in [0.15, 0.2) is 0 Å². The number of hydrogen-bond acceptors (Lipinski definition) is 5. The van der Waals surface area contributed by atoms with Gasteiger partial charge in [0.05, 0.1) is 23.0 Å². The van der Waals surface area contributed by atoms with Gasteiger partial charge in [0.25, 0.3) is 0 Å². The predicted octanol–water partition coefficient (Wildman–Crippen LogP) is 6.39. The molecular weight excluding hydrogens is 416 g/mol. The lowest BCUT2D eigenvalue weighted by Gasteiger charge is -2.10. The maximum atomic E-state index is 5.94. The molecule has 0 saturated heterocycles. The number of nitrogens with one attached hydrogen (secondary N) is 1. The Morgan fingerprint density at radius 3 is 2.69 bits per heavy atom. The van der Waals surface area contributed by atoms with Crippen molar-refractivity contribution in [3.63, 3.8) is 0 Å². The Morgan fingerprint density at radius 2 is 1.84 bits per heavy atom. The van der Waals surface area contributed by atoms with Crippen molar-refractivity contribution in [2.45, 2.75) is 20.4 Å². The standard InChI is InChI=1S/C26H24N4OS/c1-18-12-13-24-21(16-18)22(17-27-29-26-28-23-10-6-7-11-25(23)32-26)19(2)30(24)14-15-31-20-8-4-3-5-9-20/h3-13,16-17H,14-15H2,1-2H3,(H,28,29)/b27-17+. The third-order valence-electron chi connectivity index (χ3n) is 5.50. The molecule has 160 valence electrons. The van der Waals surface area contributed by atoms with Gasteiger partial charge >= 0.3 is 0 Å². The third-order valence-corrected chi connectivity index (χ3v) is 6.44. The van der Waals surface area contributed by atoms with Crippen LogP contribution in [-0.4, -0.2) is 22.4 Å². The van der Waals surface area contributed by atoms with Gasteiger partial charge in [-0.1, -0.05) is 53.3 Å². The Hall–Kier alpha value is -3.64. The molecule has 0 spiro atoms. The summed E-state index contributed by atoms with van der Waals surface area (Å²) >= 11 is 1.60. The molecule has 2 heterocycles. The number of benzene rings is 3. The highest BCUT2D eigenvalue weighted by Gasteiger charge is 2.13. The van der Waals surface area contributed by atoms with E-state index in [2.05, 4.69) is 58.2 Å². The van der Waals surface area contributed by atoms with E-state index in [-0.39, 0.29) is 0 Å². The average Bonchev–Trinajstić information content (AvgIpc) is 3.33. The Kier molecular flexibility index (Phi) is 5.60. The highest BCUT2D eigenvalue weighted by molar-refractivity contribution is 7.22. The van der Waals surface area contributed by atoms with Gasteiger partial charge in [0, 0.05) is 22.2 Å². The first-order valence-corrected chi connectivity index (χ1v) is 11.4. The Labute approximate surface area is 191 Å². The van der Waals surface area contributed by atoms with Gasteiger partial charge in [-0.3, -0.25) is 5.43 Å². The number of para-hydroxylation sites is 2. The fraction of sp³-hybridized carbons (Fsp3) is 0.154. The molecule has 0 bridgehead atoms. The topological polar surface area (TPSA) is 51.4 Å². The number of nitrogens with zero attached hydrogens (tertiary/aromatic N) is 3. The summed E-state index contributed by atoms with van der Waals surface area (Å²) < 4.78 is 9.39. The molecule has 1 N–H and O–H groups in total. The zero-order valence-electron chi connectivity index (χ0n) is 18.1. The van der Waals surface area contributed by atoms with Gasteiger partial charge in [0.1, 0.15) is 12.4 Å². The van der Waals surface area contributed by atoms with Crippen LogP contribution in [0.4, 0.5) is 5.13 Å². The Morgan fingerprint density at radius 1 is 1.03 bits per heavy atom. The van der Waals surface area contributed by atoms with E-state index in [0.29, 0.717) is 6.61 Å². The molecule has 0 fully saturated rings. The number of hydrazone groups is 1. The number of rotatable bonds is 7. The zero-order valence-corrected chi connectivity index (χ0v) is 18.9. The number of aromatic nitrogens is 2. The summed E-state index contributed by atoms with van der Waals surface area (Å²) in [5, 5.41) is 6.50. The summed E-state index contributed by atoms with van der Waals surface area (Å²) in [7, 11) is 0. The first-order valence-electron chi connectivity index (χ1n) is 10.6. The number of thiazole rings is 1. The fourth-order valence-electron chi connectivity index (χ4n) is 3.92. The molecule has 5 aromatic rings. The van der Waals surface area contributed by atoms with E-state index in [9.17, 15) is 0 Å². The van der Waals surface area contributed by atoms with Crippen LogP contribution in [0.1, 0.15) is 16.8 Å². The number of ether oxygens (including phenoxy) is 1. The Bertz CT molecular complexity index is 1370. The summed E-state index contributed by atoms with van der Waals surface area (Å²) in [6, 6.07) is 24.6. The number of fused-ring (bicyclic) bond motifs is 2. The van der Waals surface area contributed by atoms with E-state index in [0.717, 1.165) is 38.9 Å². The SMILES string of the molecule is Cc1ccc2c(c1)c(/C=N/Nc1nc3ccccc3s1)c(C)n2CCOc1ccccc1. The van der Waals surface area contributed by atoms with Gasteiger partial charge < -0.3 is 9.30 Å². The van der Waals surface area contributed by atoms with E-state index < -0.39 is 0 Å². The molecule has 0 saturated carbocycles. The van der Waals surface area contributed by atoms with E-state index in [1.165, 1.54) is 16.5 Å². The van der Waals surface area contributed by atoms with Gasteiger partial charge in [-0.2, -0.15) is 5.10 Å². The maximum absolute atomic E-state index is 5.94. The van der Waals surface area contributed by atoms with Crippen LogP contribution in [0.2, 0.25) is 0 Å². The summed E-state index contributed by atoms with van der Waals surface area (Å²) in [6.45, 7) is 5.62. The van der Waals surface area contributed by atoms with E-state index in [1.807, 2.05) is 54.7 Å². The molecule has 0 atom stereocenters. The van der Waals surface area contributed by atoms with Crippen LogP contribution in [0.3, 0.4) is 0 Å². The molecule has 32 heavy (non-hydrogen) atoms. The van der Waals surface area contributed by atoms with Crippen molar-refractivity contribution < 1.29 is 4.74 Å². The second-order valence-corrected chi connectivity index (χ2v) is 8.72. The molecule has 6 heteroatoms. The van der Waals surface area contributed by atoms with Gasteiger partial charge in [-0.25, -0.2) is 4.98 Å². The lowest BCUT2D eigenvalue weighted by molar-refractivity contribution is 0.299. The second-order valence-electron chi connectivity index (χ2n) is 7.69. The minimum absolute atomic E-state index is 0.600. The zero-order chi connectivity index (χ0) is 21.9. The highest BCUT2D eigenvalue weighted by Crippen LogP contribution is 2.27. The van der Waals surface area contributed by atoms with Gasteiger partial charge in [-0.15, -0.1) is 0 Å². The number of hydrogen-bond donors (Lipinski definition) is 1. The number of aryl methyl sites for hydroxylation is 1. The molecule has 0 unspecified atom stereocenters. The minimum Gasteiger partial charge on any atom is -0.492 e. The van der Waals surface area contributed by atoms with Crippen molar-refractivity contribution in [2.75, 3.05) is 12.0 Å². The summed E-state index contributed by atoms with van der Waals surface area (Å²) in [6.07, 6.45) is 1.90. The van der Waals surface area contributed by atoms with Crippen molar-refractivity contribution in [2.24, 2.45) is 5.10 Å². The van der Waals surface area contributed by atoms with Crippen LogP contribution < -0.4 is 10.2 Å². The Balaban J connectivity index is 1.39. The summed E-state index contributed by atoms with van der Waals surface area (Å²) in [5.41, 5.74) is 8.77. The predicted molar refractivity (Wildman–Crippen MR) is 134 cm³/mol. The molecule has 3 aromatic carbocycles. The van der Waals surface area contributed by atoms with Crippen LogP contribution in [0, 0.1) is 13.8 Å². The highest BCUT2D eigenvalue weighted by atomic mass is 32.1. The number of anilines is 1. The monoisotopic (exact) mass is 440 g/mol. The molecule has 2 aromatic heterocycles. The molecule has 0 aliphatic rings. The molecular formula is C26H24N4OS. The lowest BCUT2D eigenvalue weighted by Crippen LogP contribution is -2.09. The molecule has 5 rings (SSSR count). The van der Waals surface area contributed by atoms with Crippen molar-refractivity contribution in [1.82, 2.24) is 9.55 Å². The van der Waals surface area contributed by atoms with Crippen molar-refractivity contribution in [3.05, 3.63) is 89.6 Å². The van der Waals surface area contributed by atoms with Crippen LogP contribution in [-0.2, 0) is 6.54 Å². The minimum atomic E-state index is 0.600. The van der Waals surface area contributed by atoms with Gasteiger partial charge in [-0.05, 0) is 50.2 Å². The van der Waals surface area contributed by atoms with Crippen molar-refractivity contribution in [3.8, 4) is 5.75 Å². The molecule has 0 aliphatic carbocycles. The van der Waals surface area contributed by atoms with Crippen LogP contribution >= 0.6 is 11.3 Å². The van der Waals surface area contributed by atoms with Gasteiger partial charge in [0.2, 0.25) is 5.13 Å². The van der Waals surface area contributed by atoms with E-state index in [1.54, 1.807) is 11.3 Å². The summed E-state index contributed by atoms with van der Waals surface area (Å²) in [5.74, 6) is 0.888. The normalized spacial score (nSPS) is 11.6. The fourth-order valence-corrected chi connectivity index (χ4v) is 4.73. The first kappa shape index (κ1) is 20.3.